The predicted octanol–water partition coefficient (Wildman–Crippen LogP) is 4.26. The van der Waals surface area contributed by atoms with Crippen LogP contribution in [-0.4, -0.2) is 24.9 Å². The van der Waals surface area contributed by atoms with Crippen LogP contribution in [0.25, 0.3) is 0 Å². The van der Waals surface area contributed by atoms with Crippen molar-refractivity contribution in [3.05, 3.63) is 35.9 Å². The zero-order chi connectivity index (χ0) is 17.8. The maximum Gasteiger partial charge on any atom is 0.389 e. The second kappa shape index (κ2) is 10.7. The standard InChI is InChI=1S/C18H21F3O3/c1-15(22)24-17(10-5-6-12-18(19,20)21)11-7-13-23-14-16-8-3-2-4-9-16/h2-4,8-9,17H,5-6,10,12-14H2,1H3. The Morgan fingerprint density at radius 1 is 1.21 bits per heavy atom. The number of hydrogen-bond acceptors (Lipinski definition) is 3. The first-order valence-corrected chi connectivity index (χ1v) is 7.71. The molecule has 0 heterocycles. The Bertz CT molecular complexity index is 544. The minimum atomic E-state index is -4.16. The zero-order valence-electron chi connectivity index (χ0n) is 13.6. The summed E-state index contributed by atoms with van der Waals surface area (Å²) in [5, 5.41) is 0. The molecular formula is C18H21F3O3. The van der Waals surface area contributed by atoms with E-state index in [1.165, 1.54) is 6.92 Å². The molecule has 1 aromatic rings. The summed E-state index contributed by atoms with van der Waals surface area (Å²) < 4.78 is 46.6. The van der Waals surface area contributed by atoms with Crippen LogP contribution in [0.2, 0.25) is 0 Å². The van der Waals surface area contributed by atoms with E-state index in [0.717, 1.165) is 5.56 Å². The highest BCUT2D eigenvalue weighted by Crippen LogP contribution is 2.23. The normalized spacial score (nSPS) is 12.2. The smallest absolute Gasteiger partial charge is 0.389 e. The fourth-order valence-corrected chi connectivity index (χ4v) is 1.97. The van der Waals surface area contributed by atoms with E-state index in [0.29, 0.717) is 6.61 Å². The molecule has 0 saturated carbocycles. The molecule has 3 nitrogen and oxygen atoms in total. The number of halogens is 3. The fourth-order valence-electron chi connectivity index (χ4n) is 1.97. The van der Waals surface area contributed by atoms with Crippen molar-refractivity contribution in [2.45, 2.75) is 51.5 Å². The topological polar surface area (TPSA) is 35.5 Å². The van der Waals surface area contributed by atoms with Crippen molar-refractivity contribution in [2.24, 2.45) is 0 Å². The Morgan fingerprint density at radius 2 is 1.92 bits per heavy atom. The lowest BCUT2D eigenvalue weighted by Gasteiger charge is -2.11. The molecular weight excluding hydrogens is 321 g/mol. The number of carbonyl (C=O) groups excluding carboxylic acids is 1. The molecule has 1 rings (SSSR count). The van der Waals surface area contributed by atoms with Crippen LogP contribution in [0, 0.1) is 11.8 Å². The van der Waals surface area contributed by atoms with Gasteiger partial charge >= 0.3 is 12.1 Å². The van der Waals surface area contributed by atoms with Crippen LogP contribution in [-0.2, 0) is 20.9 Å². The number of esters is 1. The van der Waals surface area contributed by atoms with Crippen LogP contribution < -0.4 is 0 Å². The van der Waals surface area contributed by atoms with Crippen LogP contribution in [0.5, 0.6) is 0 Å². The molecule has 0 N–H and O–H groups in total. The second-order valence-electron chi connectivity index (χ2n) is 5.26. The molecule has 0 aliphatic rings. The van der Waals surface area contributed by atoms with Crippen molar-refractivity contribution < 1.29 is 27.4 Å². The number of alkyl halides is 3. The summed E-state index contributed by atoms with van der Waals surface area (Å²) in [5.41, 5.74) is 1.02. The molecule has 6 heteroatoms. The fraction of sp³-hybridized carbons (Fsp3) is 0.500. The van der Waals surface area contributed by atoms with Gasteiger partial charge in [-0.15, -0.1) is 0 Å². The van der Waals surface area contributed by atoms with Gasteiger partial charge in [0, 0.05) is 13.3 Å². The molecule has 132 valence electrons. The Kier molecular flexibility index (Phi) is 8.95. The minimum Gasteiger partial charge on any atom is -0.449 e. The van der Waals surface area contributed by atoms with Crippen molar-refractivity contribution in [3.8, 4) is 11.8 Å². The number of ether oxygens (including phenoxy) is 2. The van der Waals surface area contributed by atoms with E-state index in [-0.39, 0.29) is 25.9 Å². The molecule has 1 atom stereocenters. The molecule has 1 unspecified atom stereocenters. The van der Waals surface area contributed by atoms with Crippen molar-refractivity contribution in [2.75, 3.05) is 6.61 Å². The maximum atomic E-state index is 12.1. The highest BCUT2D eigenvalue weighted by atomic mass is 19.4. The van der Waals surface area contributed by atoms with Gasteiger partial charge in [0.1, 0.15) is 6.61 Å². The lowest BCUT2D eigenvalue weighted by molar-refractivity contribution is -0.145. The quantitative estimate of drug-likeness (QED) is 0.402. The van der Waals surface area contributed by atoms with Crippen molar-refractivity contribution in [1.82, 2.24) is 0 Å². The van der Waals surface area contributed by atoms with Crippen molar-refractivity contribution in [1.29, 1.82) is 0 Å². The third-order valence-electron chi connectivity index (χ3n) is 3.03. The monoisotopic (exact) mass is 342 g/mol. The third kappa shape index (κ3) is 10.7. The van der Waals surface area contributed by atoms with Gasteiger partial charge in [-0.25, -0.2) is 0 Å². The summed E-state index contributed by atoms with van der Waals surface area (Å²) in [5.74, 6) is 4.98. The highest BCUT2D eigenvalue weighted by molar-refractivity contribution is 5.66. The van der Waals surface area contributed by atoms with Crippen LogP contribution in [0.1, 0.15) is 38.2 Å². The highest BCUT2D eigenvalue weighted by Gasteiger charge is 2.26. The van der Waals surface area contributed by atoms with Gasteiger partial charge in [0.05, 0.1) is 6.61 Å². The first-order chi connectivity index (χ1) is 11.4. The predicted molar refractivity (Wildman–Crippen MR) is 84.0 cm³/mol. The van der Waals surface area contributed by atoms with E-state index in [1.807, 2.05) is 30.3 Å². The molecule has 0 radical (unpaired) electrons. The maximum absolute atomic E-state index is 12.1. The van der Waals surface area contributed by atoms with Crippen LogP contribution in [0.4, 0.5) is 13.2 Å². The average Bonchev–Trinajstić information content (AvgIpc) is 2.50. The van der Waals surface area contributed by atoms with Gasteiger partial charge in [-0.3, -0.25) is 4.79 Å². The van der Waals surface area contributed by atoms with Crippen LogP contribution >= 0.6 is 0 Å². The summed E-state index contributed by atoms with van der Waals surface area (Å²) >= 11 is 0. The Balaban J connectivity index is 2.32. The largest absolute Gasteiger partial charge is 0.449 e. The zero-order valence-corrected chi connectivity index (χ0v) is 13.6. The van der Waals surface area contributed by atoms with Crippen LogP contribution in [0.15, 0.2) is 30.3 Å². The molecule has 24 heavy (non-hydrogen) atoms. The molecule has 0 aliphatic carbocycles. The number of hydrogen-bond donors (Lipinski definition) is 0. The molecule has 0 bridgehead atoms. The van der Waals surface area contributed by atoms with Crippen LogP contribution in [0.3, 0.4) is 0 Å². The van der Waals surface area contributed by atoms with E-state index in [1.54, 1.807) is 0 Å². The molecule has 0 aliphatic heterocycles. The molecule has 0 amide bonds. The molecule has 0 aromatic heterocycles. The lowest BCUT2D eigenvalue weighted by atomic mass is 10.1. The third-order valence-corrected chi connectivity index (χ3v) is 3.03. The summed E-state index contributed by atoms with van der Waals surface area (Å²) in [7, 11) is 0. The Hall–Kier alpha value is -2.00. The molecule has 0 fully saturated rings. The summed E-state index contributed by atoms with van der Waals surface area (Å²) in [6.45, 7) is 1.82. The summed E-state index contributed by atoms with van der Waals surface area (Å²) in [6, 6.07) is 9.57. The van der Waals surface area contributed by atoms with Crippen molar-refractivity contribution >= 4 is 5.97 Å². The lowest BCUT2D eigenvalue weighted by Crippen LogP contribution is -2.15. The first-order valence-electron chi connectivity index (χ1n) is 7.71. The Morgan fingerprint density at radius 3 is 2.54 bits per heavy atom. The van der Waals surface area contributed by atoms with E-state index in [2.05, 4.69) is 11.8 Å². The number of unbranched alkanes of at least 4 members (excludes halogenated alkanes) is 1. The second-order valence-corrected chi connectivity index (χ2v) is 5.26. The summed E-state index contributed by atoms with van der Waals surface area (Å²) in [6.07, 6.45) is -5.14. The van der Waals surface area contributed by atoms with Gasteiger partial charge in [0.15, 0.2) is 6.10 Å². The molecule has 0 saturated heterocycles. The SMILES string of the molecule is CC(=O)OC(C#CCOCc1ccccc1)CCCCC(F)(F)F. The first kappa shape index (κ1) is 20.0. The van der Waals surface area contributed by atoms with E-state index < -0.39 is 24.7 Å². The van der Waals surface area contributed by atoms with E-state index >= 15 is 0 Å². The van der Waals surface area contributed by atoms with E-state index in [4.69, 9.17) is 9.47 Å². The molecule has 1 aromatic carbocycles. The van der Waals surface area contributed by atoms with Gasteiger partial charge in [-0.05, 0) is 24.8 Å². The Labute approximate surface area is 140 Å². The van der Waals surface area contributed by atoms with Crippen molar-refractivity contribution in [3.63, 3.8) is 0 Å². The number of rotatable bonds is 8. The molecule has 0 spiro atoms. The summed E-state index contributed by atoms with van der Waals surface area (Å²) in [4.78, 5) is 11.0. The van der Waals surface area contributed by atoms with Gasteiger partial charge in [0.2, 0.25) is 0 Å². The van der Waals surface area contributed by atoms with Gasteiger partial charge in [-0.2, -0.15) is 13.2 Å². The van der Waals surface area contributed by atoms with Gasteiger partial charge < -0.3 is 9.47 Å². The van der Waals surface area contributed by atoms with Gasteiger partial charge in [-0.1, -0.05) is 42.2 Å². The minimum absolute atomic E-state index is 0.00650. The number of carbonyl (C=O) groups is 1. The van der Waals surface area contributed by atoms with E-state index in [9.17, 15) is 18.0 Å². The number of benzene rings is 1. The average molecular weight is 342 g/mol. The van der Waals surface area contributed by atoms with Gasteiger partial charge in [0.25, 0.3) is 0 Å².